The predicted molar refractivity (Wildman–Crippen MR) is 96.1 cm³/mol. The van der Waals surface area contributed by atoms with Crippen molar-refractivity contribution in [1.29, 1.82) is 0 Å². The fraction of sp³-hybridized carbons (Fsp3) is 0.438. The number of non-ortho nitro benzene ring substituents is 1. The minimum atomic E-state index is -0.413. The Morgan fingerprint density at radius 3 is 2.67 bits per heavy atom. The second kappa shape index (κ2) is 6.66. The molecule has 6 nitrogen and oxygen atoms in total. The van der Waals surface area contributed by atoms with Crippen molar-refractivity contribution in [2.75, 3.05) is 19.6 Å². The number of carbonyl (C=O) groups is 1. The number of nitro benzene ring substituents is 1. The van der Waals surface area contributed by atoms with Crippen LogP contribution in [0.1, 0.15) is 22.5 Å². The van der Waals surface area contributed by atoms with Crippen LogP contribution in [0.15, 0.2) is 24.3 Å². The van der Waals surface area contributed by atoms with Gasteiger partial charge in [-0.3, -0.25) is 14.9 Å². The topological polar surface area (TPSA) is 75.5 Å². The Bertz CT molecular complexity index is 786. The minimum Gasteiger partial charge on any atom is -0.347 e. The molecule has 1 aromatic carbocycles. The first-order valence-corrected chi connectivity index (χ1v) is 8.63. The number of nitrogens with one attached hydrogen (secondary N) is 1. The fourth-order valence-corrected chi connectivity index (χ4v) is 4.57. The van der Waals surface area contributed by atoms with Crippen LogP contribution in [0.25, 0.3) is 10.1 Å². The molecular weight excluding hydrogens is 350 g/mol. The lowest BCUT2D eigenvalue weighted by Gasteiger charge is -2.44. The maximum absolute atomic E-state index is 12.5. The minimum absolute atomic E-state index is 0. The zero-order chi connectivity index (χ0) is 16.0. The number of benzene rings is 1. The van der Waals surface area contributed by atoms with Gasteiger partial charge in [0.05, 0.1) is 9.80 Å². The van der Waals surface area contributed by atoms with Crippen LogP contribution in [0.2, 0.25) is 0 Å². The van der Waals surface area contributed by atoms with Crippen molar-refractivity contribution >= 4 is 45.4 Å². The smallest absolute Gasteiger partial charge is 0.270 e. The summed E-state index contributed by atoms with van der Waals surface area (Å²) in [5, 5.41) is 14.8. The number of hydrogen-bond donors (Lipinski definition) is 1. The van der Waals surface area contributed by atoms with E-state index in [-0.39, 0.29) is 30.0 Å². The van der Waals surface area contributed by atoms with Gasteiger partial charge in [-0.05, 0) is 44.0 Å². The van der Waals surface area contributed by atoms with Crippen LogP contribution in [0.3, 0.4) is 0 Å². The van der Waals surface area contributed by atoms with Crippen LogP contribution in [0.4, 0.5) is 5.69 Å². The Kier molecular flexibility index (Phi) is 4.76. The molecule has 1 N–H and O–H groups in total. The van der Waals surface area contributed by atoms with Gasteiger partial charge in [-0.1, -0.05) is 0 Å². The first-order valence-electron chi connectivity index (χ1n) is 7.81. The van der Waals surface area contributed by atoms with Gasteiger partial charge in [-0.25, -0.2) is 0 Å². The van der Waals surface area contributed by atoms with Gasteiger partial charge < -0.3 is 10.2 Å². The average molecular weight is 368 g/mol. The number of amides is 1. The van der Waals surface area contributed by atoms with Crippen molar-refractivity contribution in [2.24, 2.45) is 5.92 Å². The standard InChI is InChI=1S/C16H17N3O3S.ClH/c20-16(17-13-9-18-5-3-10(13)4-6-18)15-8-11-7-12(19(21)22)1-2-14(11)23-15;/h1-2,7-8,10,13H,3-6,9H2,(H,17,20);1H/t13-;/m1./s1. The summed E-state index contributed by atoms with van der Waals surface area (Å²) in [6, 6.07) is 6.70. The van der Waals surface area contributed by atoms with E-state index in [1.165, 1.54) is 23.5 Å². The van der Waals surface area contributed by atoms with Crippen molar-refractivity contribution in [1.82, 2.24) is 10.2 Å². The highest BCUT2D eigenvalue weighted by atomic mass is 35.5. The summed E-state index contributed by atoms with van der Waals surface area (Å²) in [4.78, 5) is 26.0. The first kappa shape index (κ1) is 17.1. The number of fused-ring (bicyclic) bond motifs is 4. The Morgan fingerprint density at radius 2 is 2.04 bits per heavy atom. The second-order valence-electron chi connectivity index (χ2n) is 6.31. The van der Waals surface area contributed by atoms with Crippen LogP contribution in [0, 0.1) is 16.0 Å². The number of nitro groups is 1. The maximum atomic E-state index is 12.5. The lowest BCUT2D eigenvalue weighted by molar-refractivity contribution is -0.384. The molecule has 5 rings (SSSR count). The third-order valence-electron chi connectivity index (χ3n) is 4.91. The fourth-order valence-electron chi connectivity index (χ4n) is 3.62. The molecule has 4 heterocycles. The number of nitrogens with zero attached hydrogens (tertiary/aromatic N) is 2. The molecule has 2 bridgehead atoms. The highest BCUT2D eigenvalue weighted by molar-refractivity contribution is 7.20. The van der Waals surface area contributed by atoms with Gasteiger partial charge in [0.15, 0.2) is 0 Å². The van der Waals surface area contributed by atoms with Crippen molar-refractivity contribution in [3.05, 3.63) is 39.3 Å². The van der Waals surface area contributed by atoms with E-state index in [0.717, 1.165) is 42.6 Å². The molecule has 24 heavy (non-hydrogen) atoms. The number of piperidine rings is 3. The van der Waals surface area contributed by atoms with Gasteiger partial charge in [-0.15, -0.1) is 23.7 Å². The molecule has 0 aliphatic carbocycles. The third kappa shape index (κ3) is 3.11. The van der Waals surface area contributed by atoms with Crippen molar-refractivity contribution in [2.45, 2.75) is 18.9 Å². The van der Waals surface area contributed by atoms with Crippen molar-refractivity contribution < 1.29 is 9.72 Å². The van der Waals surface area contributed by atoms with E-state index in [0.29, 0.717) is 10.8 Å². The Hall–Kier alpha value is -1.70. The number of carbonyl (C=O) groups excluding carboxylic acids is 1. The summed E-state index contributed by atoms with van der Waals surface area (Å²) < 4.78 is 0.898. The molecular formula is C16H18ClN3O3S. The van der Waals surface area contributed by atoms with Crippen LogP contribution in [-0.2, 0) is 0 Å². The number of hydrogen-bond acceptors (Lipinski definition) is 5. The van der Waals surface area contributed by atoms with Gasteiger partial charge >= 0.3 is 0 Å². The molecule has 3 fully saturated rings. The zero-order valence-electron chi connectivity index (χ0n) is 12.9. The Labute approximate surface area is 149 Å². The number of rotatable bonds is 3. The molecule has 0 unspecified atom stereocenters. The summed E-state index contributed by atoms with van der Waals surface area (Å²) >= 11 is 1.39. The summed E-state index contributed by atoms with van der Waals surface area (Å²) in [6.45, 7) is 3.22. The maximum Gasteiger partial charge on any atom is 0.270 e. The lowest BCUT2D eigenvalue weighted by Crippen LogP contribution is -2.57. The van der Waals surface area contributed by atoms with E-state index in [1.54, 1.807) is 12.1 Å². The second-order valence-corrected chi connectivity index (χ2v) is 7.39. The molecule has 1 aromatic heterocycles. The summed E-state index contributed by atoms with van der Waals surface area (Å²) in [5.41, 5.74) is 0.0552. The average Bonchev–Trinajstić information content (AvgIpc) is 2.99. The van der Waals surface area contributed by atoms with Crippen LogP contribution < -0.4 is 5.32 Å². The summed E-state index contributed by atoms with van der Waals surface area (Å²) in [7, 11) is 0. The van der Waals surface area contributed by atoms with E-state index in [2.05, 4.69) is 10.2 Å². The van der Waals surface area contributed by atoms with Crippen LogP contribution in [0.5, 0.6) is 0 Å². The van der Waals surface area contributed by atoms with Gasteiger partial charge in [0.25, 0.3) is 11.6 Å². The van der Waals surface area contributed by atoms with Crippen molar-refractivity contribution in [3.8, 4) is 0 Å². The molecule has 1 amide bonds. The van der Waals surface area contributed by atoms with Gasteiger partial charge in [-0.2, -0.15) is 0 Å². The van der Waals surface area contributed by atoms with Crippen LogP contribution >= 0.6 is 23.7 Å². The van der Waals surface area contributed by atoms with E-state index < -0.39 is 4.92 Å². The van der Waals surface area contributed by atoms with Gasteiger partial charge in [0.2, 0.25) is 0 Å². The molecule has 2 aromatic rings. The van der Waals surface area contributed by atoms with E-state index >= 15 is 0 Å². The molecule has 0 spiro atoms. The molecule has 8 heteroatoms. The van der Waals surface area contributed by atoms with Gasteiger partial charge in [0, 0.05) is 34.8 Å². The Morgan fingerprint density at radius 1 is 1.29 bits per heavy atom. The molecule has 128 valence electrons. The van der Waals surface area contributed by atoms with E-state index in [9.17, 15) is 14.9 Å². The third-order valence-corrected chi connectivity index (χ3v) is 6.02. The highest BCUT2D eigenvalue weighted by Gasteiger charge is 2.35. The first-order chi connectivity index (χ1) is 11.1. The SMILES string of the molecule is Cl.O=C(N[C@@H]1CN2CCC1CC2)c1cc2cc([N+](=O)[O-])ccc2s1. The number of thiophene rings is 1. The summed E-state index contributed by atoms with van der Waals surface area (Å²) in [6.07, 6.45) is 2.31. The highest BCUT2D eigenvalue weighted by Crippen LogP contribution is 2.30. The molecule has 1 atom stereocenters. The largest absolute Gasteiger partial charge is 0.347 e. The van der Waals surface area contributed by atoms with E-state index in [1.807, 2.05) is 0 Å². The van der Waals surface area contributed by atoms with Gasteiger partial charge in [0.1, 0.15) is 0 Å². The number of halogens is 1. The molecule has 3 saturated heterocycles. The molecule has 0 saturated carbocycles. The van der Waals surface area contributed by atoms with Crippen LogP contribution in [-0.4, -0.2) is 41.4 Å². The molecule has 0 radical (unpaired) electrons. The normalized spacial score (nSPS) is 25.2. The quantitative estimate of drug-likeness (QED) is 0.668. The Balaban J connectivity index is 0.00000169. The molecule has 3 aliphatic heterocycles. The van der Waals surface area contributed by atoms with E-state index in [4.69, 9.17) is 0 Å². The lowest BCUT2D eigenvalue weighted by atomic mass is 9.84. The van der Waals surface area contributed by atoms with Crippen molar-refractivity contribution in [3.63, 3.8) is 0 Å². The monoisotopic (exact) mass is 367 g/mol. The predicted octanol–water partition coefficient (Wildman–Crippen LogP) is 3.06. The molecule has 3 aliphatic rings. The zero-order valence-corrected chi connectivity index (χ0v) is 14.6. The summed E-state index contributed by atoms with van der Waals surface area (Å²) in [5.74, 6) is 0.520.